The van der Waals surface area contributed by atoms with Gasteiger partial charge in [0.05, 0.1) is 6.61 Å². The SMILES string of the molecule is CCOC(=O)c1c(Br)nn(CC(C)(C)CO)c1Br. The van der Waals surface area contributed by atoms with Crippen LogP contribution in [0.2, 0.25) is 0 Å². The third kappa shape index (κ3) is 3.55. The van der Waals surface area contributed by atoms with E-state index in [1.54, 1.807) is 11.6 Å². The molecule has 0 aliphatic carbocycles. The third-order valence-electron chi connectivity index (χ3n) is 2.33. The molecule has 102 valence electrons. The second-order valence-electron chi connectivity index (χ2n) is 4.66. The Morgan fingerprint density at radius 1 is 1.50 bits per heavy atom. The zero-order chi connectivity index (χ0) is 13.9. The molecule has 1 aromatic rings. The fourth-order valence-corrected chi connectivity index (χ4v) is 2.71. The van der Waals surface area contributed by atoms with E-state index < -0.39 is 5.97 Å². The van der Waals surface area contributed by atoms with Crippen LogP contribution < -0.4 is 0 Å². The van der Waals surface area contributed by atoms with Crippen LogP contribution in [0.3, 0.4) is 0 Å². The Morgan fingerprint density at radius 3 is 2.61 bits per heavy atom. The van der Waals surface area contributed by atoms with Crippen LogP contribution >= 0.6 is 31.9 Å². The standard InChI is InChI=1S/C11H16Br2N2O3/c1-4-18-10(17)7-8(12)14-15(9(7)13)5-11(2,3)6-16/h16H,4-6H2,1-3H3. The van der Waals surface area contributed by atoms with Crippen LogP contribution in [0.1, 0.15) is 31.1 Å². The monoisotopic (exact) mass is 382 g/mol. The molecule has 0 fully saturated rings. The molecule has 1 N–H and O–H groups in total. The zero-order valence-electron chi connectivity index (χ0n) is 10.5. The highest BCUT2D eigenvalue weighted by atomic mass is 79.9. The maximum Gasteiger partial charge on any atom is 0.343 e. The molecule has 1 aromatic heterocycles. The van der Waals surface area contributed by atoms with E-state index in [0.29, 0.717) is 27.9 Å². The molecule has 0 saturated heterocycles. The summed E-state index contributed by atoms with van der Waals surface area (Å²) in [6, 6.07) is 0. The molecule has 0 aliphatic rings. The second kappa shape index (κ2) is 6.16. The smallest absolute Gasteiger partial charge is 0.343 e. The molecule has 0 atom stereocenters. The van der Waals surface area contributed by atoms with Gasteiger partial charge in [-0.25, -0.2) is 4.79 Å². The molecule has 18 heavy (non-hydrogen) atoms. The maximum atomic E-state index is 11.7. The minimum Gasteiger partial charge on any atom is -0.462 e. The van der Waals surface area contributed by atoms with Gasteiger partial charge in [0, 0.05) is 18.6 Å². The number of hydrogen-bond donors (Lipinski definition) is 1. The summed E-state index contributed by atoms with van der Waals surface area (Å²) >= 11 is 6.59. The van der Waals surface area contributed by atoms with Crippen molar-refractivity contribution in [3.05, 3.63) is 14.8 Å². The highest BCUT2D eigenvalue weighted by Gasteiger charge is 2.25. The van der Waals surface area contributed by atoms with Crippen molar-refractivity contribution in [1.29, 1.82) is 0 Å². The van der Waals surface area contributed by atoms with Crippen molar-refractivity contribution in [3.63, 3.8) is 0 Å². The maximum absolute atomic E-state index is 11.7. The summed E-state index contributed by atoms with van der Waals surface area (Å²) < 4.78 is 7.57. The largest absolute Gasteiger partial charge is 0.462 e. The molecular weight excluding hydrogens is 368 g/mol. The van der Waals surface area contributed by atoms with Crippen LogP contribution in [-0.2, 0) is 11.3 Å². The number of ether oxygens (including phenoxy) is 1. The van der Waals surface area contributed by atoms with Crippen molar-refractivity contribution in [3.8, 4) is 0 Å². The predicted molar refractivity (Wildman–Crippen MR) is 74.5 cm³/mol. The number of carbonyl (C=O) groups excluding carboxylic acids is 1. The van der Waals surface area contributed by atoms with Crippen molar-refractivity contribution in [2.75, 3.05) is 13.2 Å². The van der Waals surface area contributed by atoms with Crippen molar-refractivity contribution in [2.45, 2.75) is 27.3 Å². The van der Waals surface area contributed by atoms with Gasteiger partial charge in [0.15, 0.2) is 0 Å². The number of aliphatic hydroxyl groups excluding tert-OH is 1. The molecule has 0 spiro atoms. The Morgan fingerprint density at radius 2 is 2.11 bits per heavy atom. The van der Waals surface area contributed by atoms with Crippen LogP contribution in [0.5, 0.6) is 0 Å². The quantitative estimate of drug-likeness (QED) is 0.793. The van der Waals surface area contributed by atoms with Gasteiger partial charge in [0.25, 0.3) is 0 Å². The van der Waals surface area contributed by atoms with E-state index in [1.807, 2.05) is 13.8 Å². The first-order valence-electron chi connectivity index (χ1n) is 5.52. The van der Waals surface area contributed by atoms with Crippen LogP contribution in [0.15, 0.2) is 9.21 Å². The van der Waals surface area contributed by atoms with Gasteiger partial charge in [0.1, 0.15) is 14.8 Å². The van der Waals surface area contributed by atoms with Crippen molar-refractivity contribution >= 4 is 37.8 Å². The lowest BCUT2D eigenvalue weighted by Crippen LogP contribution is -2.24. The second-order valence-corrected chi connectivity index (χ2v) is 6.16. The van der Waals surface area contributed by atoms with E-state index in [2.05, 4.69) is 37.0 Å². The van der Waals surface area contributed by atoms with Crippen molar-refractivity contribution in [1.82, 2.24) is 9.78 Å². The lowest BCUT2D eigenvalue weighted by atomic mass is 9.95. The molecule has 7 heteroatoms. The number of rotatable bonds is 5. The van der Waals surface area contributed by atoms with E-state index in [-0.39, 0.29) is 12.0 Å². The van der Waals surface area contributed by atoms with E-state index in [1.165, 1.54) is 0 Å². The fraction of sp³-hybridized carbons (Fsp3) is 0.636. The molecule has 0 bridgehead atoms. The minimum atomic E-state index is -0.427. The molecule has 0 aromatic carbocycles. The number of carbonyl (C=O) groups is 1. The summed E-state index contributed by atoms with van der Waals surface area (Å²) in [5, 5.41) is 13.5. The van der Waals surface area contributed by atoms with Gasteiger partial charge in [-0.3, -0.25) is 4.68 Å². The first-order valence-corrected chi connectivity index (χ1v) is 7.10. The molecule has 0 aliphatic heterocycles. The lowest BCUT2D eigenvalue weighted by molar-refractivity contribution is 0.0523. The first-order chi connectivity index (χ1) is 8.32. The molecule has 1 heterocycles. The zero-order valence-corrected chi connectivity index (χ0v) is 13.7. The third-order valence-corrected chi connectivity index (χ3v) is 3.69. The van der Waals surface area contributed by atoms with Crippen LogP contribution in [0.4, 0.5) is 0 Å². The Labute approximate surface area is 123 Å². The Bertz CT molecular complexity index is 444. The normalized spacial score (nSPS) is 11.7. The minimum absolute atomic E-state index is 0.0334. The average Bonchev–Trinajstić information content (AvgIpc) is 2.54. The topological polar surface area (TPSA) is 64.3 Å². The number of hydrogen-bond acceptors (Lipinski definition) is 4. The lowest BCUT2D eigenvalue weighted by Gasteiger charge is -2.21. The van der Waals surface area contributed by atoms with E-state index >= 15 is 0 Å². The number of halogens is 2. The average molecular weight is 384 g/mol. The van der Waals surface area contributed by atoms with Gasteiger partial charge in [-0.05, 0) is 38.8 Å². The van der Waals surface area contributed by atoms with Crippen molar-refractivity contribution in [2.24, 2.45) is 5.41 Å². The van der Waals surface area contributed by atoms with Gasteiger partial charge in [-0.1, -0.05) is 13.8 Å². The molecule has 0 amide bonds. The number of esters is 1. The molecular formula is C11H16Br2N2O3. The van der Waals surface area contributed by atoms with Gasteiger partial charge >= 0.3 is 5.97 Å². The van der Waals surface area contributed by atoms with Crippen LogP contribution in [0, 0.1) is 5.41 Å². The number of aliphatic hydroxyl groups is 1. The van der Waals surface area contributed by atoms with E-state index in [4.69, 9.17) is 4.74 Å². The number of aromatic nitrogens is 2. The van der Waals surface area contributed by atoms with Gasteiger partial charge in [0.2, 0.25) is 0 Å². The fourth-order valence-electron chi connectivity index (χ4n) is 1.35. The molecule has 0 saturated carbocycles. The number of nitrogens with zero attached hydrogens (tertiary/aromatic N) is 2. The molecule has 1 rings (SSSR count). The highest BCUT2D eigenvalue weighted by Crippen LogP contribution is 2.28. The summed E-state index contributed by atoms with van der Waals surface area (Å²) in [4.78, 5) is 11.7. The summed E-state index contributed by atoms with van der Waals surface area (Å²) in [5.41, 5.74) is 0.0468. The van der Waals surface area contributed by atoms with E-state index in [9.17, 15) is 9.90 Å². The Balaban J connectivity index is 3.04. The van der Waals surface area contributed by atoms with Gasteiger partial charge in [-0.2, -0.15) is 5.10 Å². The molecule has 0 unspecified atom stereocenters. The van der Waals surface area contributed by atoms with Crippen LogP contribution in [0.25, 0.3) is 0 Å². The summed E-state index contributed by atoms with van der Waals surface area (Å²) in [6.45, 7) is 6.41. The molecule has 0 radical (unpaired) electrons. The highest BCUT2D eigenvalue weighted by molar-refractivity contribution is 9.11. The Hall–Kier alpha value is -0.400. The summed E-state index contributed by atoms with van der Waals surface area (Å²) in [6.07, 6.45) is 0. The van der Waals surface area contributed by atoms with Gasteiger partial charge in [-0.15, -0.1) is 0 Å². The molecule has 5 nitrogen and oxygen atoms in total. The summed E-state index contributed by atoms with van der Waals surface area (Å²) in [5.74, 6) is -0.427. The summed E-state index contributed by atoms with van der Waals surface area (Å²) in [7, 11) is 0. The predicted octanol–water partition coefficient (Wildman–Crippen LogP) is 2.60. The Kier molecular flexibility index (Phi) is 5.36. The van der Waals surface area contributed by atoms with Crippen LogP contribution in [-0.4, -0.2) is 34.1 Å². The van der Waals surface area contributed by atoms with E-state index in [0.717, 1.165) is 0 Å². The first kappa shape index (κ1) is 15.7. The van der Waals surface area contributed by atoms with Gasteiger partial charge < -0.3 is 9.84 Å². The van der Waals surface area contributed by atoms with Crippen molar-refractivity contribution < 1.29 is 14.6 Å².